The second-order valence-electron chi connectivity index (χ2n) is 15.2. The number of aromatic nitrogens is 1. The van der Waals surface area contributed by atoms with Crippen LogP contribution in [0.1, 0.15) is 0 Å². The van der Waals surface area contributed by atoms with Crippen molar-refractivity contribution in [3.8, 4) is 50.2 Å². The van der Waals surface area contributed by atoms with Crippen molar-refractivity contribution in [3.63, 3.8) is 0 Å². The first kappa shape index (κ1) is 32.6. The molecule has 11 aromatic rings. The molecule has 0 spiro atoms. The van der Waals surface area contributed by atoms with Crippen LogP contribution in [-0.4, -0.2) is 4.57 Å². The van der Waals surface area contributed by atoms with Crippen LogP contribution in [0, 0.1) is 0 Å². The van der Waals surface area contributed by atoms with Gasteiger partial charge in [-0.25, -0.2) is 0 Å². The summed E-state index contributed by atoms with van der Waals surface area (Å²) >= 11 is 0. The van der Waals surface area contributed by atoms with Crippen molar-refractivity contribution < 1.29 is 0 Å². The Hall–Kier alpha value is -7.68. The Morgan fingerprint density at radius 3 is 1.76 bits per heavy atom. The second kappa shape index (κ2) is 12.9. The van der Waals surface area contributed by atoms with Crippen LogP contribution in [0.25, 0.3) is 93.5 Å². The minimum Gasteiger partial charge on any atom is -0.309 e. The van der Waals surface area contributed by atoms with Crippen molar-refractivity contribution in [2.45, 2.75) is 0 Å². The highest BCUT2D eigenvalue weighted by atomic mass is 15.2. The Labute approximate surface area is 337 Å². The summed E-state index contributed by atoms with van der Waals surface area (Å²) < 4.78 is 2.48. The first-order valence-corrected chi connectivity index (χ1v) is 20.0. The van der Waals surface area contributed by atoms with Gasteiger partial charge in [-0.3, -0.25) is 0 Å². The largest absolute Gasteiger partial charge is 0.309 e. The Morgan fingerprint density at radius 2 is 0.897 bits per heavy atom. The zero-order chi connectivity index (χ0) is 38.2. The number of fused-ring (bicyclic) bond motifs is 7. The van der Waals surface area contributed by atoms with E-state index in [0.29, 0.717) is 0 Å². The van der Waals surface area contributed by atoms with Crippen molar-refractivity contribution in [3.05, 3.63) is 218 Å². The SMILES string of the molecule is c1ccc(-c2ccccc2N(c2ccc3c4c(cccc24)-c2ccccc2-3)c2cccc3c2c2ccccc2n3-c2ccccc2-c2ccc3ccccc3c2)cc1. The van der Waals surface area contributed by atoms with Gasteiger partial charge in [0.25, 0.3) is 0 Å². The lowest BCUT2D eigenvalue weighted by molar-refractivity contribution is 1.18. The molecule has 1 heterocycles. The summed E-state index contributed by atoms with van der Waals surface area (Å²) in [5.74, 6) is 0. The normalized spacial score (nSPS) is 11.8. The number of rotatable bonds is 6. The predicted molar refractivity (Wildman–Crippen MR) is 246 cm³/mol. The van der Waals surface area contributed by atoms with Crippen LogP contribution < -0.4 is 4.90 Å². The molecule has 0 saturated carbocycles. The molecule has 2 heteroatoms. The summed E-state index contributed by atoms with van der Waals surface area (Å²) in [6, 6.07) is 80.1. The lowest BCUT2D eigenvalue weighted by Gasteiger charge is -2.30. The van der Waals surface area contributed by atoms with E-state index in [4.69, 9.17) is 0 Å². The molecule has 0 bridgehead atoms. The van der Waals surface area contributed by atoms with Crippen molar-refractivity contribution in [2.24, 2.45) is 0 Å². The van der Waals surface area contributed by atoms with E-state index in [2.05, 4.69) is 228 Å². The van der Waals surface area contributed by atoms with E-state index < -0.39 is 0 Å². The van der Waals surface area contributed by atoms with Gasteiger partial charge in [0.1, 0.15) is 0 Å². The third-order valence-corrected chi connectivity index (χ3v) is 12.1. The maximum Gasteiger partial charge on any atom is 0.0562 e. The molecule has 12 rings (SSSR count). The zero-order valence-corrected chi connectivity index (χ0v) is 31.7. The van der Waals surface area contributed by atoms with Crippen LogP contribution in [-0.2, 0) is 0 Å². The van der Waals surface area contributed by atoms with E-state index in [1.54, 1.807) is 0 Å². The summed E-state index contributed by atoms with van der Waals surface area (Å²) in [4.78, 5) is 2.53. The highest BCUT2D eigenvalue weighted by Crippen LogP contribution is 2.53. The van der Waals surface area contributed by atoms with Gasteiger partial charge in [-0.05, 0) is 92.0 Å². The number of anilines is 3. The van der Waals surface area contributed by atoms with E-state index in [1.165, 1.54) is 82.3 Å². The molecule has 270 valence electrons. The molecular weight excluding hydrogens is 701 g/mol. The Bertz CT molecular complexity index is 3380. The summed E-state index contributed by atoms with van der Waals surface area (Å²) in [5.41, 5.74) is 16.8. The van der Waals surface area contributed by atoms with Crippen molar-refractivity contribution in [1.82, 2.24) is 4.57 Å². The van der Waals surface area contributed by atoms with Crippen molar-refractivity contribution in [2.75, 3.05) is 4.90 Å². The third kappa shape index (κ3) is 4.85. The van der Waals surface area contributed by atoms with Gasteiger partial charge in [-0.15, -0.1) is 0 Å². The fourth-order valence-electron chi connectivity index (χ4n) is 9.62. The Morgan fingerprint density at radius 1 is 0.293 bits per heavy atom. The molecule has 0 atom stereocenters. The highest BCUT2D eigenvalue weighted by molar-refractivity contribution is 6.22. The van der Waals surface area contributed by atoms with Gasteiger partial charge in [0, 0.05) is 27.3 Å². The number of nitrogens with zero attached hydrogens (tertiary/aromatic N) is 2. The van der Waals surface area contributed by atoms with E-state index in [9.17, 15) is 0 Å². The van der Waals surface area contributed by atoms with E-state index in [1.807, 2.05) is 0 Å². The smallest absolute Gasteiger partial charge is 0.0562 e. The van der Waals surface area contributed by atoms with E-state index >= 15 is 0 Å². The number of para-hydroxylation sites is 3. The van der Waals surface area contributed by atoms with Gasteiger partial charge in [-0.2, -0.15) is 0 Å². The summed E-state index contributed by atoms with van der Waals surface area (Å²) in [5, 5.41) is 7.44. The average Bonchev–Trinajstić information content (AvgIpc) is 3.81. The van der Waals surface area contributed by atoms with Crippen LogP contribution in [0.4, 0.5) is 17.1 Å². The highest BCUT2D eigenvalue weighted by Gasteiger charge is 2.28. The van der Waals surface area contributed by atoms with Crippen LogP contribution in [0.2, 0.25) is 0 Å². The van der Waals surface area contributed by atoms with Crippen LogP contribution in [0.5, 0.6) is 0 Å². The Balaban J connectivity index is 1.17. The molecule has 0 N–H and O–H groups in total. The molecule has 58 heavy (non-hydrogen) atoms. The molecule has 0 amide bonds. The first-order chi connectivity index (χ1) is 28.8. The first-order valence-electron chi connectivity index (χ1n) is 20.0. The zero-order valence-electron chi connectivity index (χ0n) is 31.7. The predicted octanol–water partition coefficient (Wildman–Crippen LogP) is 15.5. The minimum atomic E-state index is 1.13. The Kier molecular flexibility index (Phi) is 7.26. The molecular formula is C56H36N2. The standard InChI is InChI=1S/C56H36N2/c1-2-17-38(18-3-1)41-20-8-11-27-49(41)58(52-35-34-46-44-23-7-6-22-43(44)45-25-14-26-47(52)55(45)46)54-31-15-30-53-56(54)48-24-10-13-29-51(48)57(53)50-28-12-9-21-42(50)40-33-32-37-16-4-5-19-39(37)36-40/h1-36H. The van der Waals surface area contributed by atoms with Gasteiger partial charge in [-0.1, -0.05) is 176 Å². The summed E-state index contributed by atoms with van der Waals surface area (Å²) in [7, 11) is 0. The van der Waals surface area contributed by atoms with E-state index in [0.717, 1.165) is 28.3 Å². The van der Waals surface area contributed by atoms with Gasteiger partial charge < -0.3 is 9.47 Å². The monoisotopic (exact) mass is 736 g/mol. The molecule has 2 nitrogen and oxygen atoms in total. The topological polar surface area (TPSA) is 8.17 Å². The molecule has 0 unspecified atom stereocenters. The average molecular weight is 737 g/mol. The van der Waals surface area contributed by atoms with Gasteiger partial charge in [0.05, 0.1) is 33.8 Å². The molecule has 1 aromatic heterocycles. The van der Waals surface area contributed by atoms with Crippen molar-refractivity contribution >= 4 is 60.4 Å². The fraction of sp³-hybridized carbons (Fsp3) is 0. The fourth-order valence-corrected chi connectivity index (χ4v) is 9.62. The number of hydrogen-bond acceptors (Lipinski definition) is 1. The molecule has 0 radical (unpaired) electrons. The molecule has 0 saturated heterocycles. The summed E-state index contributed by atoms with van der Waals surface area (Å²) in [6.45, 7) is 0. The molecule has 10 aromatic carbocycles. The maximum atomic E-state index is 2.53. The minimum absolute atomic E-state index is 1.13. The molecule has 1 aliphatic rings. The lowest BCUT2D eigenvalue weighted by Crippen LogP contribution is -2.12. The quantitative estimate of drug-likeness (QED) is 0.165. The summed E-state index contributed by atoms with van der Waals surface area (Å²) in [6.07, 6.45) is 0. The van der Waals surface area contributed by atoms with Gasteiger partial charge >= 0.3 is 0 Å². The van der Waals surface area contributed by atoms with Crippen molar-refractivity contribution in [1.29, 1.82) is 0 Å². The lowest BCUT2D eigenvalue weighted by atomic mass is 9.97. The number of hydrogen-bond donors (Lipinski definition) is 0. The third-order valence-electron chi connectivity index (χ3n) is 12.1. The molecule has 1 aliphatic carbocycles. The second-order valence-corrected chi connectivity index (χ2v) is 15.2. The molecule has 0 aliphatic heterocycles. The number of benzene rings is 10. The van der Waals surface area contributed by atoms with Crippen LogP contribution >= 0.6 is 0 Å². The maximum absolute atomic E-state index is 2.53. The van der Waals surface area contributed by atoms with Gasteiger partial charge in [0.2, 0.25) is 0 Å². The van der Waals surface area contributed by atoms with Gasteiger partial charge in [0.15, 0.2) is 0 Å². The van der Waals surface area contributed by atoms with Crippen LogP contribution in [0.15, 0.2) is 218 Å². The van der Waals surface area contributed by atoms with Crippen LogP contribution in [0.3, 0.4) is 0 Å². The van der Waals surface area contributed by atoms with E-state index in [-0.39, 0.29) is 0 Å². The molecule has 0 fully saturated rings.